The van der Waals surface area contributed by atoms with E-state index in [-0.39, 0.29) is 22.3 Å². The van der Waals surface area contributed by atoms with Crippen molar-refractivity contribution in [3.63, 3.8) is 0 Å². The monoisotopic (exact) mass is 874 g/mol. The maximum absolute atomic E-state index is 14.8. The van der Waals surface area contributed by atoms with Gasteiger partial charge in [0.15, 0.2) is 0 Å². The molecule has 2 aliphatic heterocycles. The second-order valence-corrected chi connectivity index (χ2v) is 23.1. The van der Waals surface area contributed by atoms with E-state index in [9.17, 15) is 30.1 Å². The fraction of sp³-hybridized carbons (Fsp3) is 0.426. The Hall–Kier alpha value is -4.14. The summed E-state index contributed by atoms with van der Waals surface area (Å²) in [6.07, 6.45) is 11.9. The van der Waals surface area contributed by atoms with E-state index in [0.29, 0.717) is 51.6 Å². The van der Waals surface area contributed by atoms with Gasteiger partial charge >= 0.3 is 0 Å². The van der Waals surface area contributed by atoms with Crippen LogP contribution in [0.15, 0.2) is 126 Å². The van der Waals surface area contributed by atoms with Gasteiger partial charge in [-0.15, -0.1) is 0 Å². The van der Waals surface area contributed by atoms with Gasteiger partial charge in [0.1, 0.15) is 4.75 Å². The summed E-state index contributed by atoms with van der Waals surface area (Å²) in [5.74, 6) is -0.568. The molecular formula is C47H60N3O7S3+. The van der Waals surface area contributed by atoms with Crippen LogP contribution in [0.1, 0.15) is 98.1 Å². The third-order valence-electron chi connectivity index (χ3n) is 11.7. The topological polar surface area (TPSA) is 135 Å². The summed E-state index contributed by atoms with van der Waals surface area (Å²) in [6.45, 7) is 15.9. The Morgan fingerprint density at radius 1 is 0.633 bits per heavy atom. The highest BCUT2D eigenvalue weighted by molar-refractivity contribution is 7.86. The SMILES string of the molecule is CC1(C)/C(=C\C=C2/CC/C(=C\C=C3\N(CCCCS(=O)(=O)O)c4ccccc4C3(C)C)C2=[N+](c2ccccc2)S(=O)C(C)(C)C)N(CCCCS(=O)(=O)O)c2ccccc21. The molecule has 6 rings (SSSR count). The lowest BCUT2D eigenvalue weighted by atomic mass is 9.83. The first-order chi connectivity index (χ1) is 28.1. The molecule has 60 heavy (non-hydrogen) atoms. The Labute approximate surface area is 360 Å². The van der Waals surface area contributed by atoms with Crippen LogP contribution in [0.25, 0.3) is 0 Å². The van der Waals surface area contributed by atoms with E-state index >= 15 is 0 Å². The molecule has 2 heterocycles. The van der Waals surface area contributed by atoms with Gasteiger partial charge in [-0.25, -0.2) is 0 Å². The Bertz CT molecular complexity index is 2370. The molecule has 3 aromatic carbocycles. The van der Waals surface area contributed by atoms with Crippen LogP contribution in [0.2, 0.25) is 0 Å². The number of nitrogens with zero attached hydrogens (tertiary/aromatic N) is 3. The van der Waals surface area contributed by atoms with Crippen LogP contribution in [-0.2, 0) is 42.1 Å². The summed E-state index contributed by atoms with van der Waals surface area (Å²) in [5.41, 5.74) is 9.72. The highest BCUT2D eigenvalue weighted by Gasteiger charge is 2.43. The molecule has 0 amide bonds. The van der Waals surface area contributed by atoms with Crippen molar-refractivity contribution in [1.82, 2.24) is 0 Å². The zero-order valence-corrected chi connectivity index (χ0v) is 38.3. The molecule has 0 radical (unpaired) electrons. The molecule has 322 valence electrons. The molecule has 13 heteroatoms. The quantitative estimate of drug-likeness (QED) is 0.0923. The summed E-state index contributed by atoms with van der Waals surface area (Å²) < 4.78 is 81.1. The smallest absolute Gasteiger partial charge is 0.293 e. The van der Waals surface area contributed by atoms with Crippen molar-refractivity contribution in [2.24, 2.45) is 0 Å². The molecule has 3 aliphatic rings. The second kappa shape index (κ2) is 17.7. The van der Waals surface area contributed by atoms with Crippen molar-refractivity contribution >= 4 is 54.0 Å². The molecule has 0 bridgehead atoms. The zero-order valence-electron chi connectivity index (χ0n) is 35.9. The predicted octanol–water partition coefficient (Wildman–Crippen LogP) is 9.58. The average molecular weight is 875 g/mol. The Balaban J connectivity index is 1.49. The summed E-state index contributed by atoms with van der Waals surface area (Å²) in [7, 11) is -9.61. The highest BCUT2D eigenvalue weighted by atomic mass is 32.2. The average Bonchev–Trinajstić information content (AvgIpc) is 3.74. The Morgan fingerprint density at radius 2 is 1.03 bits per heavy atom. The largest absolute Gasteiger partial charge is 0.344 e. The maximum Gasteiger partial charge on any atom is 0.293 e. The van der Waals surface area contributed by atoms with Crippen molar-refractivity contribution < 1.29 is 34.1 Å². The molecule has 1 atom stereocenters. The molecule has 2 N–H and O–H groups in total. The number of hydrogen-bond acceptors (Lipinski definition) is 7. The summed E-state index contributed by atoms with van der Waals surface area (Å²) in [4.78, 5) is 4.53. The number of para-hydroxylation sites is 3. The molecule has 1 fully saturated rings. The van der Waals surface area contributed by atoms with Crippen molar-refractivity contribution in [2.45, 2.75) is 103 Å². The lowest BCUT2D eigenvalue weighted by molar-refractivity contribution is -0.252. The Morgan fingerprint density at radius 3 is 1.43 bits per heavy atom. The van der Waals surface area contributed by atoms with E-state index in [1.54, 1.807) is 0 Å². The number of rotatable bonds is 14. The molecule has 1 saturated carbocycles. The number of allylic oxidation sites excluding steroid dienone is 8. The minimum Gasteiger partial charge on any atom is -0.344 e. The van der Waals surface area contributed by atoms with Crippen molar-refractivity contribution in [2.75, 3.05) is 34.4 Å². The second-order valence-electron chi connectivity index (χ2n) is 17.9. The molecule has 0 aromatic heterocycles. The summed E-state index contributed by atoms with van der Waals surface area (Å²) >= 11 is 0. The number of unbranched alkanes of at least 4 members (excludes halogenated alkanes) is 2. The van der Waals surface area contributed by atoms with Gasteiger partial charge in [0.05, 0.1) is 11.5 Å². The first-order valence-corrected chi connectivity index (χ1v) is 25.1. The molecule has 3 aromatic rings. The zero-order chi connectivity index (χ0) is 43.7. The van der Waals surface area contributed by atoms with E-state index in [2.05, 4.69) is 86.1 Å². The lowest BCUT2D eigenvalue weighted by Crippen LogP contribution is -2.33. The van der Waals surface area contributed by atoms with Crippen molar-refractivity contribution in [3.05, 3.63) is 137 Å². The van der Waals surface area contributed by atoms with Crippen LogP contribution in [0.4, 0.5) is 17.1 Å². The molecule has 1 aliphatic carbocycles. The van der Waals surface area contributed by atoms with Crippen LogP contribution in [0.5, 0.6) is 0 Å². The van der Waals surface area contributed by atoms with Crippen molar-refractivity contribution in [1.29, 1.82) is 0 Å². The molecule has 1 unspecified atom stereocenters. The highest BCUT2D eigenvalue weighted by Crippen LogP contribution is 2.49. The van der Waals surface area contributed by atoms with Crippen LogP contribution < -0.4 is 9.80 Å². The third kappa shape index (κ3) is 9.97. The van der Waals surface area contributed by atoms with Crippen LogP contribution in [0.3, 0.4) is 0 Å². The number of anilines is 2. The van der Waals surface area contributed by atoms with Gasteiger partial charge in [-0.05, 0) is 94.7 Å². The van der Waals surface area contributed by atoms with Crippen LogP contribution in [0, 0.1) is 0 Å². The van der Waals surface area contributed by atoms with E-state index in [1.807, 2.05) is 79.3 Å². The van der Waals surface area contributed by atoms with E-state index < -0.39 is 36.0 Å². The first kappa shape index (κ1) is 45.4. The molecule has 0 spiro atoms. The van der Waals surface area contributed by atoms with Crippen LogP contribution in [-0.4, -0.2) is 69.2 Å². The lowest BCUT2D eigenvalue weighted by Gasteiger charge is -2.27. The molecule has 0 saturated heterocycles. The van der Waals surface area contributed by atoms with E-state index in [4.69, 9.17) is 0 Å². The van der Waals surface area contributed by atoms with Gasteiger partial charge in [-0.3, -0.25) is 9.11 Å². The normalized spacial score (nSPS) is 20.7. The standard InChI is InChI=1S/C47H59N3O7S3/c1-45(2,3)58(51)50(37-19-9-8-10-20-37)44-35(27-29-42-46(4,5)38-21-11-13-23-40(38)48(42)31-15-17-33-59(52,53)54)25-26-36(44)28-30-43-47(6,7)39-22-12-14-24-41(39)49(43)32-16-18-34-60(55,56)57/h8-14,19-24,27-30H,15-18,25-26,31-34H2,1-7H3,(H-,52,53,54,55,56,57)/p+1. The maximum atomic E-state index is 14.8. The van der Waals surface area contributed by atoms with E-state index in [0.717, 1.165) is 45.3 Å². The molecule has 10 nitrogen and oxygen atoms in total. The van der Waals surface area contributed by atoms with Crippen molar-refractivity contribution in [3.8, 4) is 0 Å². The number of fused-ring (bicyclic) bond motifs is 2. The van der Waals surface area contributed by atoms with Gasteiger partial charge in [0.25, 0.3) is 31.2 Å². The van der Waals surface area contributed by atoms with Gasteiger partial charge in [-0.1, -0.05) is 98.4 Å². The van der Waals surface area contributed by atoms with Gasteiger partial charge in [-0.2, -0.15) is 21.0 Å². The Kier molecular flexibility index (Phi) is 13.4. The number of hydrogen-bond donors (Lipinski definition) is 2. The summed E-state index contributed by atoms with van der Waals surface area (Å²) in [5, 5.41) is 0. The summed E-state index contributed by atoms with van der Waals surface area (Å²) in [6, 6.07) is 26.5. The minimum atomic E-state index is -4.06. The van der Waals surface area contributed by atoms with Crippen LogP contribution >= 0.6 is 0 Å². The fourth-order valence-electron chi connectivity index (χ4n) is 8.67. The first-order valence-electron chi connectivity index (χ1n) is 20.7. The minimum absolute atomic E-state index is 0.284. The number of benzene rings is 3. The van der Waals surface area contributed by atoms with Gasteiger partial charge in [0.2, 0.25) is 11.4 Å². The predicted molar refractivity (Wildman–Crippen MR) is 246 cm³/mol. The third-order valence-corrected chi connectivity index (χ3v) is 15.1. The van der Waals surface area contributed by atoms with Gasteiger partial charge < -0.3 is 9.80 Å². The molecular weight excluding hydrogens is 815 g/mol. The van der Waals surface area contributed by atoms with E-state index in [1.165, 1.54) is 11.1 Å². The van der Waals surface area contributed by atoms with Gasteiger partial charge in [0, 0.05) is 70.0 Å². The fourth-order valence-corrected chi connectivity index (χ4v) is 11.1.